The van der Waals surface area contributed by atoms with Crippen LogP contribution in [-0.4, -0.2) is 23.7 Å². The van der Waals surface area contributed by atoms with E-state index >= 15 is 0 Å². The highest BCUT2D eigenvalue weighted by Crippen LogP contribution is 2.32. The summed E-state index contributed by atoms with van der Waals surface area (Å²) in [7, 11) is 0. The summed E-state index contributed by atoms with van der Waals surface area (Å²) < 4.78 is 43.9. The number of halogens is 4. The second-order valence-electron chi connectivity index (χ2n) is 7.49. The minimum atomic E-state index is -4.52. The van der Waals surface area contributed by atoms with Crippen LogP contribution >= 0.6 is 11.6 Å². The number of benzene rings is 1. The molecule has 1 amide bonds. The van der Waals surface area contributed by atoms with Crippen LogP contribution in [0.25, 0.3) is 0 Å². The van der Waals surface area contributed by atoms with E-state index in [2.05, 4.69) is 15.8 Å². The van der Waals surface area contributed by atoms with Crippen LogP contribution in [-0.2, 0) is 6.18 Å². The maximum absolute atomic E-state index is 12.9. The van der Waals surface area contributed by atoms with Gasteiger partial charge in [-0.05, 0) is 63.6 Å². The first-order valence-corrected chi connectivity index (χ1v) is 9.87. The standard InChI is InChI=1S/C20H23ClF3N3O2/c1-11-12(2)27-29-19(11)25-10-13-3-6-15(7-4-13)26-18(28)16-9-14(20(22,23)24)5-8-17(16)21/h5,8-9,13,15,25H,3-4,6-7,10H2,1-2H3,(H,26,28). The predicted octanol–water partition coefficient (Wildman–Crippen LogP) is 5.36. The smallest absolute Gasteiger partial charge is 0.354 e. The average molecular weight is 430 g/mol. The van der Waals surface area contributed by atoms with Gasteiger partial charge in [-0.2, -0.15) is 13.2 Å². The average Bonchev–Trinajstić information content (AvgIpc) is 2.99. The number of carbonyl (C=O) groups is 1. The maximum atomic E-state index is 12.9. The summed E-state index contributed by atoms with van der Waals surface area (Å²) >= 11 is 5.95. The highest BCUT2D eigenvalue weighted by atomic mass is 35.5. The lowest BCUT2D eigenvalue weighted by molar-refractivity contribution is -0.137. The Morgan fingerprint density at radius 3 is 2.52 bits per heavy atom. The van der Waals surface area contributed by atoms with Gasteiger partial charge in [0.2, 0.25) is 5.88 Å². The van der Waals surface area contributed by atoms with Crippen LogP contribution < -0.4 is 10.6 Å². The van der Waals surface area contributed by atoms with Gasteiger partial charge in [0.05, 0.1) is 21.8 Å². The molecule has 5 nitrogen and oxygen atoms in total. The topological polar surface area (TPSA) is 67.2 Å². The fourth-order valence-corrected chi connectivity index (χ4v) is 3.67. The number of nitrogens with zero attached hydrogens (tertiary/aromatic N) is 1. The molecular formula is C20H23ClF3N3O2. The van der Waals surface area contributed by atoms with Crippen molar-refractivity contribution >= 4 is 23.4 Å². The normalized spacial score (nSPS) is 19.8. The monoisotopic (exact) mass is 429 g/mol. The Labute approximate surface area is 172 Å². The summed E-state index contributed by atoms with van der Waals surface area (Å²) in [4.78, 5) is 12.5. The van der Waals surface area contributed by atoms with Crippen LogP contribution in [0.4, 0.5) is 19.1 Å². The van der Waals surface area contributed by atoms with Crippen LogP contribution in [0.15, 0.2) is 22.7 Å². The Hall–Kier alpha value is -2.22. The Bertz CT molecular complexity index is 874. The zero-order valence-corrected chi connectivity index (χ0v) is 17.0. The van der Waals surface area contributed by atoms with E-state index in [0.29, 0.717) is 11.8 Å². The third kappa shape index (κ3) is 5.23. The van der Waals surface area contributed by atoms with Gasteiger partial charge in [-0.15, -0.1) is 0 Å². The van der Waals surface area contributed by atoms with Gasteiger partial charge in [-0.25, -0.2) is 0 Å². The number of carbonyl (C=O) groups excluding carboxylic acids is 1. The van der Waals surface area contributed by atoms with Crippen molar-refractivity contribution in [1.82, 2.24) is 10.5 Å². The summed E-state index contributed by atoms with van der Waals surface area (Å²) in [6.45, 7) is 4.57. The minimum Gasteiger partial charge on any atom is -0.354 e. The van der Waals surface area contributed by atoms with Gasteiger partial charge in [0.25, 0.3) is 5.91 Å². The molecule has 0 atom stereocenters. The Morgan fingerprint density at radius 2 is 1.93 bits per heavy atom. The molecule has 1 heterocycles. The van der Waals surface area contributed by atoms with Crippen LogP contribution in [0.1, 0.15) is 52.9 Å². The number of aromatic nitrogens is 1. The van der Waals surface area contributed by atoms with Crippen molar-refractivity contribution in [2.45, 2.75) is 51.7 Å². The van der Waals surface area contributed by atoms with E-state index in [0.717, 1.165) is 61.7 Å². The molecule has 0 radical (unpaired) electrons. The van der Waals surface area contributed by atoms with Gasteiger partial charge >= 0.3 is 6.18 Å². The highest BCUT2D eigenvalue weighted by Gasteiger charge is 2.32. The van der Waals surface area contributed by atoms with E-state index in [-0.39, 0.29) is 16.6 Å². The number of anilines is 1. The van der Waals surface area contributed by atoms with E-state index < -0.39 is 17.6 Å². The van der Waals surface area contributed by atoms with E-state index in [1.165, 1.54) is 0 Å². The van der Waals surface area contributed by atoms with Crippen LogP contribution in [0, 0.1) is 19.8 Å². The Kier molecular flexibility index (Phi) is 6.41. The molecule has 1 aromatic carbocycles. The molecule has 0 bridgehead atoms. The van der Waals surface area contributed by atoms with E-state index in [9.17, 15) is 18.0 Å². The lowest BCUT2D eigenvalue weighted by Crippen LogP contribution is -2.38. The molecule has 1 saturated carbocycles. The number of aryl methyl sites for hydroxylation is 1. The molecule has 1 aliphatic carbocycles. The van der Waals surface area contributed by atoms with Crippen LogP contribution in [0.5, 0.6) is 0 Å². The number of alkyl halides is 3. The zero-order valence-electron chi connectivity index (χ0n) is 16.2. The van der Waals surface area contributed by atoms with Crippen LogP contribution in [0.3, 0.4) is 0 Å². The first-order chi connectivity index (χ1) is 13.6. The number of hydrogen-bond donors (Lipinski definition) is 2. The SMILES string of the molecule is Cc1noc(NCC2CCC(NC(=O)c3cc(C(F)(F)F)ccc3Cl)CC2)c1C. The maximum Gasteiger partial charge on any atom is 0.416 e. The van der Waals surface area contributed by atoms with Crippen molar-refractivity contribution in [3.8, 4) is 0 Å². The van der Waals surface area contributed by atoms with Gasteiger partial charge < -0.3 is 15.2 Å². The molecule has 2 N–H and O–H groups in total. The zero-order chi connectivity index (χ0) is 21.2. The molecule has 1 aliphatic rings. The summed E-state index contributed by atoms with van der Waals surface area (Å²) in [5, 5.41) is 10.0. The van der Waals surface area contributed by atoms with E-state index in [1.54, 1.807) is 0 Å². The van der Waals surface area contributed by atoms with Crippen molar-refractivity contribution < 1.29 is 22.5 Å². The molecule has 9 heteroatoms. The molecule has 29 heavy (non-hydrogen) atoms. The van der Waals surface area contributed by atoms with Gasteiger partial charge in [0, 0.05) is 18.2 Å². The van der Waals surface area contributed by atoms with Crippen LogP contribution in [0.2, 0.25) is 5.02 Å². The van der Waals surface area contributed by atoms with Crippen molar-refractivity contribution in [2.24, 2.45) is 5.92 Å². The summed E-state index contributed by atoms with van der Waals surface area (Å²) in [5.41, 5.74) is 0.803. The molecule has 0 saturated heterocycles. The van der Waals surface area contributed by atoms with Crippen molar-refractivity contribution in [2.75, 3.05) is 11.9 Å². The fourth-order valence-electron chi connectivity index (χ4n) is 3.47. The molecular weight excluding hydrogens is 407 g/mol. The highest BCUT2D eigenvalue weighted by molar-refractivity contribution is 6.33. The van der Waals surface area contributed by atoms with Crippen molar-refractivity contribution in [3.63, 3.8) is 0 Å². The van der Waals surface area contributed by atoms with E-state index in [4.69, 9.17) is 16.1 Å². The largest absolute Gasteiger partial charge is 0.416 e. The Morgan fingerprint density at radius 1 is 1.24 bits per heavy atom. The first-order valence-electron chi connectivity index (χ1n) is 9.49. The molecule has 2 aromatic rings. The third-order valence-corrected chi connectivity index (χ3v) is 5.76. The third-order valence-electron chi connectivity index (χ3n) is 5.43. The number of nitrogens with one attached hydrogen (secondary N) is 2. The summed E-state index contributed by atoms with van der Waals surface area (Å²) in [5.74, 6) is 0.526. The second kappa shape index (κ2) is 8.65. The summed E-state index contributed by atoms with van der Waals surface area (Å²) in [6.07, 6.45) is -1.24. The van der Waals surface area contributed by atoms with Crippen molar-refractivity contribution in [1.29, 1.82) is 0 Å². The molecule has 158 valence electrons. The van der Waals surface area contributed by atoms with Crippen molar-refractivity contribution in [3.05, 3.63) is 45.6 Å². The lowest BCUT2D eigenvalue weighted by Gasteiger charge is -2.29. The molecule has 3 rings (SSSR count). The molecule has 0 unspecified atom stereocenters. The quantitative estimate of drug-likeness (QED) is 0.671. The van der Waals surface area contributed by atoms with Gasteiger partial charge in [0.1, 0.15) is 0 Å². The van der Waals surface area contributed by atoms with E-state index in [1.807, 2.05) is 13.8 Å². The fraction of sp³-hybridized carbons (Fsp3) is 0.500. The number of hydrogen-bond acceptors (Lipinski definition) is 4. The lowest BCUT2D eigenvalue weighted by atomic mass is 9.86. The molecule has 1 fully saturated rings. The second-order valence-corrected chi connectivity index (χ2v) is 7.89. The molecule has 0 aliphatic heterocycles. The summed E-state index contributed by atoms with van der Waals surface area (Å²) in [6, 6.07) is 2.69. The van der Waals surface area contributed by atoms with Gasteiger partial charge in [0.15, 0.2) is 0 Å². The Balaban J connectivity index is 1.52. The van der Waals surface area contributed by atoms with Gasteiger partial charge in [-0.1, -0.05) is 16.8 Å². The first kappa shape index (κ1) is 21.5. The molecule has 1 aromatic heterocycles. The minimum absolute atomic E-state index is 0.00565. The number of rotatable bonds is 5. The predicted molar refractivity (Wildman–Crippen MR) is 104 cm³/mol. The number of amides is 1. The molecule has 0 spiro atoms. The van der Waals surface area contributed by atoms with Gasteiger partial charge in [-0.3, -0.25) is 4.79 Å².